The van der Waals surface area contributed by atoms with Gasteiger partial charge in [0.1, 0.15) is 34.0 Å². The molecule has 0 unspecified atom stereocenters. The Morgan fingerprint density at radius 1 is 0.864 bits per heavy atom. The summed E-state index contributed by atoms with van der Waals surface area (Å²) in [5, 5.41) is 41.1. The molecule has 2 aliphatic heterocycles. The molecule has 10 heteroatoms. The molecule has 0 bridgehead atoms. The first kappa shape index (κ1) is 27.2. The number of para-hydroxylation sites is 1. The molecule has 44 heavy (non-hydrogen) atoms. The third kappa shape index (κ3) is 4.60. The Bertz CT molecular complexity index is 2030. The van der Waals surface area contributed by atoms with Crippen molar-refractivity contribution in [2.75, 3.05) is 13.2 Å². The molecule has 0 fully saturated rings. The Labute approximate surface area is 249 Å². The number of carbonyl (C=O) groups is 1. The summed E-state index contributed by atoms with van der Waals surface area (Å²) in [5.74, 6) is -2.36. The van der Waals surface area contributed by atoms with Crippen LogP contribution in [0.4, 0.5) is 0 Å². The first-order valence-corrected chi connectivity index (χ1v) is 14.0. The molecule has 0 saturated carbocycles. The summed E-state index contributed by atoms with van der Waals surface area (Å²) in [6, 6.07) is 18.1. The van der Waals surface area contributed by atoms with Gasteiger partial charge in [0.2, 0.25) is 11.2 Å². The van der Waals surface area contributed by atoms with Crippen LogP contribution < -0.4 is 19.6 Å². The molecule has 0 amide bonds. The van der Waals surface area contributed by atoms with Crippen molar-refractivity contribution < 1.29 is 43.8 Å². The number of phenols is 3. The minimum atomic E-state index is -0.922. The highest BCUT2D eigenvalue weighted by Gasteiger charge is 2.36. The van der Waals surface area contributed by atoms with E-state index in [1.54, 1.807) is 12.1 Å². The van der Waals surface area contributed by atoms with Gasteiger partial charge in [-0.1, -0.05) is 30.3 Å². The molecule has 222 valence electrons. The smallest absolute Gasteiger partial charge is 0.312 e. The highest BCUT2D eigenvalue weighted by Crippen LogP contribution is 2.49. The number of rotatable bonds is 6. The Kier molecular flexibility index (Phi) is 6.54. The summed E-state index contributed by atoms with van der Waals surface area (Å²) in [4.78, 5) is 26.2. The fourth-order valence-electron chi connectivity index (χ4n) is 5.88. The van der Waals surface area contributed by atoms with E-state index in [4.69, 9.17) is 18.6 Å². The molecule has 1 atom stereocenters. The van der Waals surface area contributed by atoms with Gasteiger partial charge in [-0.05, 0) is 41.5 Å². The van der Waals surface area contributed by atoms with Crippen molar-refractivity contribution in [3.63, 3.8) is 0 Å². The van der Waals surface area contributed by atoms with Crippen LogP contribution in [0.5, 0.6) is 40.2 Å². The van der Waals surface area contributed by atoms with Crippen molar-refractivity contribution >= 4 is 16.9 Å². The summed E-state index contributed by atoms with van der Waals surface area (Å²) in [6.07, 6.45) is 1.40. The van der Waals surface area contributed by atoms with E-state index in [0.717, 1.165) is 29.9 Å². The van der Waals surface area contributed by atoms with E-state index in [-0.39, 0.29) is 34.5 Å². The fourth-order valence-corrected chi connectivity index (χ4v) is 5.88. The average Bonchev–Trinajstić information content (AvgIpc) is 3.48. The van der Waals surface area contributed by atoms with Crippen LogP contribution in [-0.2, 0) is 17.6 Å². The van der Waals surface area contributed by atoms with Crippen LogP contribution in [0.3, 0.4) is 0 Å². The van der Waals surface area contributed by atoms with Crippen LogP contribution in [0, 0.1) is 0 Å². The lowest BCUT2D eigenvalue weighted by Gasteiger charge is -2.27. The van der Waals surface area contributed by atoms with Crippen molar-refractivity contribution in [3.05, 3.63) is 99.2 Å². The third-order valence-electron chi connectivity index (χ3n) is 8.00. The second-order valence-corrected chi connectivity index (χ2v) is 10.7. The van der Waals surface area contributed by atoms with Crippen molar-refractivity contribution in [1.29, 1.82) is 0 Å². The number of ether oxygens (including phenoxy) is 3. The lowest BCUT2D eigenvalue weighted by atomic mass is 9.84. The summed E-state index contributed by atoms with van der Waals surface area (Å²) in [7, 11) is 0. The molecule has 4 N–H and O–H groups in total. The summed E-state index contributed by atoms with van der Waals surface area (Å²) >= 11 is 0. The zero-order chi connectivity index (χ0) is 30.5. The first-order valence-electron chi connectivity index (χ1n) is 14.0. The number of hydrogen-bond donors (Lipinski definition) is 4. The van der Waals surface area contributed by atoms with Crippen LogP contribution in [0.1, 0.15) is 34.6 Å². The molecular formula is C34H26O10. The lowest BCUT2D eigenvalue weighted by molar-refractivity contribution is -0.135. The van der Waals surface area contributed by atoms with Gasteiger partial charge >= 0.3 is 5.97 Å². The van der Waals surface area contributed by atoms with Gasteiger partial charge in [0, 0.05) is 41.5 Å². The average molecular weight is 595 g/mol. The third-order valence-corrected chi connectivity index (χ3v) is 8.00. The second-order valence-electron chi connectivity index (χ2n) is 10.7. The Morgan fingerprint density at radius 2 is 1.70 bits per heavy atom. The van der Waals surface area contributed by atoms with E-state index >= 15 is 0 Å². The molecule has 2 aliphatic rings. The number of esters is 1. The van der Waals surface area contributed by atoms with Gasteiger partial charge in [0.15, 0.2) is 17.3 Å². The van der Waals surface area contributed by atoms with Gasteiger partial charge in [-0.25, -0.2) is 0 Å². The van der Waals surface area contributed by atoms with E-state index in [1.165, 1.54) is 17.7 Å². The van der Waals surface area contributed by atoms with Crippen LogP contribution in [0.25, 0.3) is 22.3 Å². The number of fused-ring (bicyclic) bond motifs is 4. The maximum absolute atomic E-state index is 13.4. The lowest BCUT2D eigenvalue weighted by Crippen LogP contribution is -2.22. The van der Waals surface area contributed by atoms with E-state index in [9.17, 15) is 30.0 Å². The minimum Gasteiger partial charge on any atom is -0.507 e. The molecule has 3 heterocycles. The van der Waals surface area contributed by atoms with Crippen LogP contribution >= 0.6 is 0 Å². The highest BCUT2D eigenvalue weighted by molar-refractivity contribution is 5.94. The number of benzene rings is 4. The van der Waals surface area contributed by atoms with Gasteiger partial charge < -0.3 is 39.1 Å². The minimum absolute atomic E-state index is 0.000226. The van der Waals surface area contributed by atoms with Gasteiger partial charge in [0.25, 0.3) is 0 Å². The van der Waals surface area contributed by atoms with Gasteiger partial charge in [-0.15, -0.1) is 0 Å². The number of phenolic OH excluding ortho intramolecular Hbond substituents is 3. The van der Waals surface area contributed by atoms with E-state index in [1.807, 2.05) is 24.3 Å². The van der Waals surface area contributed by atoms with Gasteiger partial charge in [0.05, 0.1) is 19.6 Å². The molecule has 0 saturated heterocycles. The largest absolute Gasteiger partial charge is 0.507 e. The summed E-state index contributed by atoms with van der Waals surface area (Å²) < 4.78 is 23.4. The summed E-state index contributed by atoms with van der Waals surface area (Å²) in [5.41, 5.74) is 2.30. The quantitative estimate of drug-likeness (QED) is 0.116. The second kappa shape index (κ2) is 10.6. The van der Waals surface area contributed by atoms with Crippen LogP contribution in [0.15, 0.2) is 75.9 Å². The molecule has 10 nitrogen and oxygen atoms in total. The topological polar surface area (TPSA) is 156 Å². The maximum Gasteiger partial charge on any atom is 0.312 e. The van der Waals surface area contributed by atoms with E-state index < -0.39 is 40.3 Å². The van der Waals surface area contributed by atoms with Crippen molar-refractivity contribution in [1.82, 2.24) is 0 Å². The van der Waals surface area contributed by atoms with E-state index in [2.05, 4.69) is 6.07 Å². The predicted octanol–water partition coefficient (Wildman–Crippen LogP) is 5.28. The highest BCUT2D eigenvalue weighted by atomic mass is 16.5. The Balaban J connectivity index is 1.31. The van der Waals surface area contributed by atoms with Crippen LogP contribution in [0.2, 0.25) is 0 Å². The number of hydrogen-bond acceptors (Lipinski definition) is 10. The van der Waals surface area contributed by atoms with Crippen molar-refractivity contribution in [2.24, 2.45) is 0 Å². The van der Waals surface area contributed by atoms with Crippen molar-refractivity contribution in [3.8, 4) is 51.6 Å². The number of carbonyl (C=O) groups excluding carboxylic acids is 1. The first-order chi connectivity index (χ1) is 21.3. The van der Waals surface area contributed by atoms with Crippen LogP contribution in [-0.4, -0.2) is 39.6 Å². The fraction of sp³-hybridized carbons (Fsp3) is 0.176. The monoisotopic (exact) mass is 594 g/mol. The SMILES string of the molecule is O=C1C[C@H](c2ccccc2OCCc2ccc3c(c2)CCO3)c2c(cc(O)c3c(=O)c(O)c(-c4ccc(O)c(O)c4)oc23)O1. The summed E-state index contributed by atoms with van der Waals surface area (Å²) in [6.45, 7) is 1.04. The zero-order valence-corrected chi connectivity index (χ0v) is 23.2. The molecule has 0 radical (unpaired) electrons. The molecule has 4 aromatic carbocycles. The van der Waals surface area contributed by atoms with E-state index in [0.29, 0.717) is 36.5 Å². The van der Waals surface area contributed by atoms with Gasteiger partial charge in [-0.2, -0.15) is 0 Å². The predicted molar refractivity (Wildman–Crippen MR) is 158 cm³/mol. The number of aromatic hydroxyl groups is 4. The molecule has 1 aromatic heterocycles. The molecular weight excluding hydrogens is 568 g/mol. The normalized spacial score (nSPS) is 15.4. The molecule has 5 aromatic rings. The Morgan fingerprint density at radius 3 is 2.55 bits per heavy atom. The molecule has 0 spiro atoms. The van der Waals surface area contributed by atoms with Crippen molar-refractivity contribution in [2.45, 2.75) is 25.2 Å². The maximum atomic E-state index is 13.4. The molecule has 0 aliphatic carbocycles. The Hall–Kier alpha value is -5.64. The van der Waals surface area contributed by atoms with Gasteiger partial charge in [-0.3, -0.25) is 9.59 Å². The molecule has 7 rings (SSSR count). The zero-order valence-electron chi connectivity index (χ0n) is 23.2. The standard InChI is InChI=1S/C34H26O10/c35-22-7-6-19(14-23(22)36)33-32(40)31(39)30-24(37)16-27-29(34(30)44-33)21(15-28(38)43-27)20-3-1-2-4-26(20)42-11-9-17-5-8-25-18(13-17)10-12-41-25/h1-8,13-14,16,21,35-37,40H,9-12,15H2/t21-/m1/s1.